The zero-order valence-corrected chi connectivity index (χ0v) is 10.3. The van der Waals surface area contributed by atoms with Gasteiger partial charge in [-0.15, -0.1) is 0 Å². The summed E-state index contributed by atoms with van der Waals surface area (Å²) in [6.45, 7) is 0. The number of hydrogen-bond acceptors (Lipinski definition) is 2. The fraction of sp³-hybridized carbons (Fsp3) is 0.0833. The Morgan fingerprint density at radius 3 is 2.71 bits per heavy atom. The summed E-state index contributed by atoms with van der Waals surface area (Å²) in [6.07, 6.45) is 1.86. The third-order valence-electron chi connectivity index (χ3n) is 2.36. The van der Waals surface area contributed by atoms with Crippen molar-refractivity contribution in [2.75, 3.05) is 5.73 Å². The standard InChI is InChI=1S/C12H9Cl2FN2/c13-9-4-8(12(16)17-6-9)3-7-5-10(15)1-2-11(7)14/h1-2,4-6H,3H2,(H2,16,17). The van der Waals surface area contributed by atoms with Crippen molar-refractivity contribution in [1.82, 2.24) is 4.98 Å². The van der Waals surface area contributed by atoms with Gasteiger partial charge in [-0.05, 0) is 29.8 Å². The topological polar surface area (TPSA) is 38.9 Å². The minimum Gasteiger partial charge on any atom is -0.383 e. The fourth-order valence-electron chi connectivity index (χ4n) is 1.52. The number of nitrogen functional groups attached to an aromatic ring is 1. The first kappa shape index (κ1) is 12.1. The van der Waals surface area contributed by atoms with Crippen LogP contribution in [0.1, 0.15) is 11.1 Å². The second-order valence-electron chi connectivity index (χ2n) is 3.61. The Morgan fingerprint density at radius 2 is 1.94 bits per heavy atom. The largest absolute Gasteiger partial charge is 0.383 e. The van der Waals surface area contributed by atoms with Crippen molar-refractivity contribution in [3.8, 4) is 0 Å². The van der Waals surface area contributed by atoms with E-state index in [1.165, 1.54) is 24.4 Å². The monoisotopic (exact) mass is 270 g/mol. The SMILES string of the molecule is Nc1ncc(Cl)cc1Cc1cc(F)ccc1Cl. The smallest absolute Gasteiger partial charge is 0.126 e. The molecule has 2 nitrogen and oxygen atoms in total. The molecule has 0 aliphatic heterocycles. The van der Waals surface area contributed by atoms with E-state index in [9.17, 15) is 4.39 Å². The number of pyridine rings is 1. The summed E-state index contributed by atoms with van der Waals surface area (Å²) in [5.41, 5.74) is 7.10. The number of nitrogens with two attached hydrogens (primary N) is 1. The molecule has 0 spiro atoms. The Labute approximate surface area is 108 Å². The molecule has 0 atom stereocenters. The Kier molecular flexibility index (Phi) is 3.50. The van der Waals surface area contributed by atoms with Gasteiger partial charge in [-0.3, -0.25) is 0 Å². The van der Waals surface area contributed by atoms with E-state index in [4.69, 9.17) is 28.9 Å². The van der Waals surface area contributed by atoms with Crippen LogP contribution >= 0.6 is 23.2 Å². The molecule has 0 bridgehead atoms. The number of aromatic nitrogens is 1. The van der Waals surface area contributed by atoms with Crippen LogP contribution in [0.5, 0.6) is 0 Å². The van der Waals surface area contributed by atoms with Crippen LogP contribution in [0.2, 0.25) is 10.0 Å². The Balaban J connectivity index is 2.37. The van der Waals surface area contributed by atoms with Gasteiger partial charge < -0.3 is 5.73 Å². The summed E-state index contributed by atoms with van der Waals surface area (Å²) in [6, 6.07) is 5.90. The minimum absolute atomic E-state index is 0.335. The molecule has 0 saturated heterocycles. The van der Waals surface area contributed by atoms with E-state index in [2.05, 4.69) is 4.98 Å². The predicted molar refractivity (Wildman–Crippen MR) is 67.9 cm³/mol. The lowest BCUT2D eigenvalue weighted by molar-refractivity contribution is 0.626. The molecule has 2 N–H and O–H groups in total. The third kappa shape index (κ3) is 2.87. The molecule has 17 heavy (non-hydrogen) atoms. The molecular formula is C12H9Cl2FN2. The Morgan fingerprint density at radius 1 is 1.18 bits per heavy atom. The van der Waals surface area contributed by atoms with Crippen LogP contribution in [0.15, 0.2) is 30.5 Å². The van der Waals surface area contributed by atoms with E-state index in [1.807, 2.05) is 0 Å². The van der Waals surface area contributed by atoms with Crippen LogP contribution in [0, 0.1) is 5.82 Å². The number of nitrogens with zero attached hydrogens (tertiary/aromatic N) is 1. The predicted octanol–water partition coefficient (Wildman–Crippen LogP) is 3.70. The molecule has 5 heteroatoms. The van der Waals surface area contributed by atoms with Gasteiger partial charge in [-0.2, -0.15) is 0 Å². The van der Waals surface area contributed by atoms with Crippen molar-refractivity contribution < 1.29 is 4.39 Å². The van der Waals surface area contributed by atoms with Gasteiger partial charge in [0.2, 0.25) is 0 Å². The zero-order valence-electron chi connectivity index (χ0n) is 8.75. The molecular weight excluding hydrogens is 262 g/mol. The minimum atomic E-state index is -0.335. The molecule has 0 radical (unpaired) electrons. The normalized spacial score (nSPS) is 10.5. The summed E-state index contributed by atoms with van der Waals surface area (Å²) < 4.78 is 13.1. The maximum Gasteiger partial charge on any atom is 0.126 e. The lowest BCUT2D eigenvalue weighted by atomic mass is 10.1. The van der Waals surface area contributed by atoms with Gasteiger partial charge in [0.15, 0.2) is 0 Å². The molecule has 0 aliphatic rings. The number of hydrogen-bond donors (Lipinski definition) is 1. The van der Waals surface area contributed by atoms with Crippen molar-refractivity contribution in [3.05, 3.63) is 57.5 Å². The van der Waals surface area contributed by atoms with Crippen LogP contribution in [0.4, 0.5) is 10.2 Å². The van der Waals surface area contributed by atoms with E-state index < -0.39 is 0 Å². The van der Waals surface area contributed by atoms with Crippen molar-refractivity contribution in [2.45, 2.75) is 6.42 Å². The van der Waals surface area contributed by atoms with Gasteiger partial charge in [0.05, 0.1) is 5.02 Å². The van der Waals surface area contributed by atoms with Crippen molar-refractivity contribution in [3.63, 3.8) is 0 Å². The number of rotatable bonds is 2. The quantitative estimate of drug-likeness (QED) is 0.904. The van der Waals surface area contributed by atoms with Gasteiger partial charge in [0.25, 0.3) is 0 Å². The Hall–Kier alpha value is -1.32. The maximum atomic E-state index is 13.1. The first-order valence-electron chi connectivity index (χ1n) is 4.90. The highest BCUT2D eigenvalue weighted by atomic mass is 35.5. The van der Waals surface area contributed by atoms with Crippen LogP contribution in [-0.4, -0.2) is 4.98 Å². The highest BCUT2D eigenvalue weighted by molar-refractivity contribution is 6.31. The molecule has 1 aromatic carbocycles. The van der Waals surface area contributed by atoms with Gasteiger partial charge in [0, 0.05) is 23.2 Å². The first-order chi connectivity index (χ1) is 8.06. The molecule has 88 valence electrons. The lowest BCUT2D eigenvalue weighted by Gasteiger charge is -2.07. The van der Waals surface area contributed by atoms with Gasteiger partial charge in [-0.1, -0.05) is 23.2 Å². The van der Waals surface area contributed by atoms with Crippen LogP contribution in [-0.2, 0) is 6.42 Å². The van der Waals surface area contributed by atoms with Crippen molar-refractivity contribution in [1.29, 1.82) is 0 Å². The molecule has 1 aromatic heterocycles. The summed E-state index contributed by atoms with van der Waals surface area (Å²) in [5, 5.41) is 0.979. The summed E-state index contributed by atoms with van der Waals surface area (Å²) in [7, 11) is 0. The average Bonchev–Trinajstić information content (AvgIpc) is 2.28. The van der Waals surface area contributed by atoms with Gasteiger partial charge in [-0.25, -0.2) is 9.37 Å². The highest BCUT2D eigenvalue weighted by Crippen LogP contribution is 2.24. The van der Waals surface area contributed by atoms with E-state index >= 15 is 0 Å². The van der Waals surface area contributed by atoms with Gasteiger partial charge >= 0.3 is 0 Å². The van der Waals surface area contributed by atoms with Crippen molar-refractivity contribution >= 4 is 29.0 Å². The second-order valence-corrected chi connectivity index (χ2v) is 4.45. The summed E-state index contributed by atoms with van der Waals surface area (Å²) in [4.78, 5) is 3.94. The maximum absolute atomic E-state index is 13.1. The first-order valence-corrected chi connectivity index (χ1v) is 5.65. The fourth-order valence-corrected chi connectivity index (χ4v) is 1.88. The molecule has 1 heterocycles. The molecule has 0 saturated carbocycles. The van der Waals surface area contributed by atoms with Crippen molar-refractivity contribution in [2.24, 2.45) is 0 Å². The number of halogens is 3. The van der Waals surface area contributed by atoms with E-state index in [-0.39, 0.29) is 5.82 Å². The number of anilines is 1. The average molecular weight is 271 g/mol. The molecule has 0 amide bonds. The van der Waals surface area contributed by atoms with Gasteiger partial charge in [0.1, 0.15) is 11.6 Å². The molecule has 0 aliphatic carbocycles. The van der Waals surface area contributed by atoms with E-state index in [1.54, 1.807) is 6.07 Å². The lowest BCUT2D eigenvalue weighted by Crippen LogP contribution is -1.99. The third-order valence-corrected chi connectivity index (χ3v) is 2.93. The van der Waals surface area contributed by atoms with Crippen LogP contribution in [0.25, 0.3) is 0 Å². The highest BCUT2D eigenvalue weighted by Gasteiger charge is 2.07. The molecule has 2 aromatic rings. The molecule has 0 fully saturated rings. The van der Waals surface area contributed by atoms with E-state index in [0.717, 1.165) is 5.56 Å². The zero-order chi connectivity index (χ0) is 12.4. The van der Waals surface area contributed by atoms with Crippen LogP contribution < -0.4 is 5.73 Å². The van der Waals surface area contributed by atoms with E-state index in [0.29, 0.717) is 27.8 Å². The van der Waals surface area contributed by atoms with Crippen LogP contribution in [0.3, 0.4) is 0 Å². The second kappa shape index (κ2) is 4.90. The molecule has 0 unspecified atom stereocenters. The molecule has 2 rings (SSSR count). The summed E-state index contributed by atoms with van der Waals surface area (Å²) in [5.74, 6) is 0.0349. The number of benzene rings is 1. The summed E-state index contributed by atoms with van der Waals surface area (Å²) >= 11 is 11.8. The Bertz CT molecular complexity index is 509.